The zero-order chi connectivity index (χ0) is 23.2. The Kier molecular flexibility index (Phi) is 7.07. The summed E-state index contributed by atoms with van der Waals surface area (Å²) in [6, 6.07) is 17.7. The molecule has 1 fully saturated rings. The van der Waals surface area contributed by atoms with E-state index in [1.54, 1.807) is 7.11 Å². The van der Waals surface area contributed by atoms with Gasteiger partial charge in [0.05, 0.1) is 7.11 Å². The number of carbonyl (C=O) groups excluding carboxylic acids is 1. The molecule has 7 heteroatoms. The van der Waals surface area contributed by atoms with E-state index in [-0.39, 0.29) is 6.03 Å². The van der Waals surface area contributed by atoms with E-state index >= 15 is 0 Å². The van der Waals surface area contributed by atoms with Gasteiger partial charge in [-0.2, -0.15) is 0 Å². The van der Waals surface area contributed by atoms with Crippen LogP contribution in [-0.2, 0) is 6.42 Å². The third kappa shape index (κ3) is 5.61. The number of anilines is 2. The lowest BCUT2D eigenvalue weighted by Gasteiger charge is -2.26. The van der Waals surface area contributed by atoms with Crippen LogP contribution in [0.3, 0.4) is 0 Å². The quantitative estimate of drug-likeness (QED) is 0.629. The highest BCUT2D eigenvalue weighted by atomic mass is 16.5. The van der Waals surface area contributed by atoms with Crippen molar-refractivity contribution in [3.8, 4) is 5.75 Å². The third-order valence-corrected chi connectivity index (χ3v) is 5.93. The lowest BCUT2D eigenvalue weighted by molar-refractivity contribution is 0.215. The standard InChI is InChI=1S/C26H31N5O2/c1-19-24(17-21-9-5-4-6-10-21)25(28-20(2)27-19)30-13-8-14-31(16-15-30)26(32)29-22-11-7-12-23(18-22)33-3/h4-7,9-12,18H,8,13-17H2,1-3H3,(H,29,32). The van der Waals surface area contributed by atoms with Gasteiger partial charge >= 0.3 is 6.03 Å². The highest BCUT2D eigenvalue weighted by Crippen LogP contribution is 2.25. The molecule has 7 nitrogen and oxygen atoms in total. The number of ether oxygens (including phenoxy) is 1. The summed E-state index contributed by atoms with van der Waals surface area (Å²) in [5, 5.41) is 2.99. The number of hydrogen-bond donors (Lipinski definition) is 1. The number of urea groups is 1. The van der Waals surface area contributed by atoms with Crippen molar-refractivity contribution in [1.82, 2.24) is 14.9 Å². The Morgan fingerprint density at radius 1 is 1.00 bits per heavy atom. The molecule has 0 spiro atoms. The van der Waals surface area contributed by atoms with Crippen molar-refractivity contribution in [3.05, 3.63) is 77.2 Å². The van der Waals surface area contributed by atoms with Gasteiger partial charge in [-0.15, -0.1) is 0 Å². The lowest BCUT2D eigenvalue weighted by Crippen LogP contribution is -2.38. The van der Waals surface area contributed by atoms with Crippen molar-refractivity contribution < 1.29 is 9.53 Å². The largest absolute Gasteiger partial charge is 0.497 e. The molecular formula is C26H31N5O2. The van der Waals surface area contributed by atoms with Crippen LogP contribution in [0.2, 0.25) is 0 Å². The molecule has 0 atom stereocenters. The minimum atomic E-state index is -0.0929. The predicted molar refractivity (Wildman–Crippen MR) is 131 cm³/mol. The summed E-state index contributed by atoms with van der Waals surface area (Å²) in [6.07, 6.45) is 1.66. The molecule has 0 saturated carbocycles. The van der Waals surface area contributed by atoms with Gasteiger partial charge in [-0.1, -0.05) is 36.4 Å². The first-order valence-corrected chi connectivity index (χ1v) is 11.4. The van der Waals surface area contributed by atoms with E-state index in [4.69, 9.17) is 9.72 Å². The van der Waals surface area contributed by atoms with E-state index in [1.807, 2.05) is 42.2 Å². The van der Waals surface area contributed by atoms with Crippen molar-refractivity contribution in [2.24, 2.45) is 0 Å². The molecule has 0 bridgehead atoms. The zero-order valence-electron chi connectivity index (χ0n) is 19.5. The Morgan fingerprint density at radius 3 is 2.61 bits per heavy atom. The molecule has 2 heterocycles. The van der Waals surface area contributed by atoms with E-state index in [0.717, 1.165) is 60.3 Å². The molecule has 1 aromatic heterocycles. The molecule has 2 aromatic carbocycles. The van der Waals surface area contributed by atoms with Gasteiger partial charge in [-0.05, 0) is 38.0 Å². The molecule has 1 aliphatic rings. The molecule has 0 aliphatic carbocycles. The summed E-state index contributed by atoms with van der Waals surface area (Å²) in [5.41, 5.74) is 4.13. The topological polar surface area (TPSA) is 70.6 Å². The molecule has 0 unspecified atom stereocenters. The molecule has 0 radical (unpaired) electrons. The number of hydrogen-bond acceptors (Lipinski definition) is 5. The molecule has 3 aromatic rings. The minimum Gasteiger partial charge on any atom is -0.497 e. The number of nitrogens with one attached hydrogen (secondary N) is 1. The number of methoxy groups -OCH3 is 1. The average Bonchev–Trinajstić information content (AvgIpc) is 3.08. The first-order valence-electron chi connectivity index (χ1n) is 11.4. The Bertz CT molecular complexity index is 1100. The van der Waals surface area contributed by atoms with Crippen LogP contribution in [0.25, 0.3) is 0 Å². The molecule has 1 saturated heterocycles. The molecule has 33 heavy (non-hydrogen) atoms. The van der Waals surface area contributed by atoms with Gasteiger partial charge < -0.3 is 19.9 Å². The fourth-order valence-electron chi connectivity index (χ4n) is 4.22. The maximum Gasteiger partial charge on any atom is 0.321 e. The van der Waals surface area contributed by atoms with Gasteiger partial charge in [-0.25, -0.2) is 14.8 Å². The fraction of sp³-hybridized carbons (Fsp3) is 0.346. The number of benzene rings is 2. The molecule has 1 aliphatic heterocycles. The monoisotopic (exact) mass is 445 g/mol. The van der Waals surface area contributed by atoms with Crippen LogP contribution < -0.4 is 15.0 Å². The number of amides is 2. The maximum atomic E-state index is 12.9. The maximum absolute atomic E-state index is 12.9. The van der Waals surface area contributed by atoms with Gasteiger partial charge in [0.15, 0.2) is 0 Å². The van der Waals surface area contributed by atoms with Gasteiger partial charge in [0.25, 0.3) is 0 Å². The van der Waals surface area contributed by atoms with Crippen molar-refractivity contribution in [2.75, 3.05) is 43.5 Å². The summed E-state index contributed by atoms with van der Waals surface area (Å²) in [6.45, 7) is 6.90. The Labute approximate surface area is 195 Å². The van der Waals surface area contributed by atoms with E-state index < -0.39 is 0 Å². The van der Waals surface area contributed by atoms with Crippen molar-refractivity contribution in [3.63, 3.8) is 0 Å². The van der Waals surface area contributed by atoms with Crippen LogP contribution in [0.1, 0.15) is 29.1 Å². The fourth-order valence-corrected chi connectivity index (χ4v) is 4.22. The van der Waals surface area contributed by atoms with Crippen LogP contribution in [-0.4, -0.2) is 54.2 Å². The molecule has 1 N–H and O–H groups in total. The summed E-state index contributed by atoms with van der Waals surface area (Å²) in [4.78, 5) is 26.6. The molecular weight excluding hydrogens is 414 g/mol. The van der Waals surface area contributed by atoms with Crippen LogP contribution >= 0.6 is 0 Å². The summed E-state index contributed by atoms with van der Waals surface area (Å²) >= 11 is 0. The lowest BCUT2D eigenvalue weighted by atomic mass is 10.0. The first-order chi connectivity index (χ1) is 16.0. The SMILES string of the molecule is COc1cccc(NC(=O)N2CCCN(c3nc(C)nc(C)c3Cc3ccccc3)CC2)c1. The number of rotatable bonds is 5. The number of nitrogens with zero attached hydrogens (tertiary/aromatic N) is 4. The normalized spacial score (nSPS) is 14.0. The second-order valence-electron chi connectivity index (χ2n) is 8.31. The predicted octanol–water partition coefficient (Wildman–Crippen LogP) is 4.44. The highest BCUT2D eigenvalue weighted by Gasteiger charge is 2.23. The zero-order valence-corrected chi connectivity index (χ0v) is 19.5. The summed E-state index contributed by atoms with van der Waals surface area (Å²) < 4.78 is 5.25. The third-order valence-electron chi connectivity index (χ3n) is 5.93. The Balaban J connectivity index is 1.48. The summed E-state index contributed by atoms with van der Waals surface area (Å²) in [7, 11) is 1.62. The minimum absolute atomic E-state index is 0.0929. The first kappa shape index (κ1) is 22.6. The van der Waals surface area contributed by atoms with Crippen LogP contribution in [0, 0.1) is 13.8 Å². The van der Waals surface area contributed by atoms with Crippen LogP contribution in [0.15, 0.2) is 54.6 Å². The second-order valence-corrected chi connectivity index (χ2v) is 8.31. The number of carbonyl (C=O) groups is 1. The summed E-state index contributed by atoms with van der Waals surface area (Å²) in [5.74, 6) is 2.48. The van der Waals surface area contributed by atoms with E-state index in [1.165, 1.54) is 5.56 Å². The van der Waals surface area contributed by atoms with Gasteiger partial charge in [0.2, 0.25) is 0 Å². The van der Waals surface area contributed by atoms with Gasteiger partial charge in [0, 0.05) is 55.6 Å². The van der Waals surface area contributed by atoms with E-state index in [9.17, 15) is 4.79 Å². The molecule has 4 rings (SSSR count). The van der Waals surface area contributed by atoms with Crippen LogP contribution in [0.4, 0.5) is 16.3 Å². The highest BCUT2D eigenvalue weighted by molar-refractivity contribution is 5.89. The average molecular weight is 446 g/mol. The number of aryl methyl sites for hydroxylation is 2. The van der Waals surface area contributed by atoms with E-state index in [2.05, 4.69) is 46.4 Å². The van der Waals surface area contributed by atoms with Crippen molar-refractivity contribution in [1.29, 1.82) is 0 Å². The molecule has 172 valence electrons. The van der Waals surface area contributed by atoms with Gasteiger partial charge in [0.1, 0.15) is 17.4 Å². The smallest absolute Gasteiger partial charge is 0.321 e. The van der Waals surface area contributed by atoms with E-state index in [0.29, 0.717) is 13.1 Å². The molecule has 2 amide bonds. The van der Waals surface area contributed by atoms with Crippen LogP contribution in [0.5, 0.6) is 5.75 Å². The Morgan fingerprint density at radius 2 is 1.82 bits per heavy atom. The van der Waals surface area contributed by atoms with Gasteiger partial charge in [-0.3, -0.25) is 0 Å². The van der Waals surface area contributed by atoms with Crippen molar-refractivity contribution >= 4 is 17.5 Å². The number of aromatic nitrogens is 2. The van der Waals surface area contributed by atoms with Crippen molar-refractivity contribution in [2.45, 2.75) is 26.7 Å². The second kappa shape index (κ2) is 10.3. The Hall–Kier alpha value is -3.61.